The van der Waals surface area contributed by atoms with Crippen LogP contribution in [0.2, 0.25) is 0 Å². The molecule has 7 heteroatoms. The van der Waals surface area contributed by atoms with E-state index in [0.717, 1.165) is 32.2 Å². The highest BCUT2D eigenvalue weighted by Gasteiger charge is 2.41. The SMILES string of the molecule is CCCC[C@@]1(C)CNCCCN1S(=O)(=O)c1cccc2c(O)nccc12. The van der Waals surface area contributed by atoms with Crippen molar-refractivity contribution in [2.45, 2.75) is 50.0 Å². The number of sulfonamides is 1. The van der Waals surface area contributed by atoms with Gasteiger partial charge in [0.15, 0.2) is 0 Å². The number of unbranched alkanes of at least 4 members (excludes halogenated alkanes) is 1. The zero-order valence-corrected chi connectivity index (χ0v) is 16.2. The van der Waals surface area contributed by atoms with Crippen molar-refractivity contribution in [1.82, 2.24) is 14.6 Å². The van der Waals surface area contributed by atoms with Gasteiger partial charge < -0.3 is 10.4 Å². The normalized spacial score (nSPS) is 22.4. The van der Waals surface area contributed by atoms with Crippen LogP contribution in [0.25, 0.3) is 10.8 Å². The van der Waals surface area contributed by atoms with Crippen LogP contribution in [0.15, 0.2) is 35.4 Å². The summed E-state index contributed by atoms with van der Waals surface area (Å²) < 4.78 is 28.9. The Morgan fingerprint density at radius 2 is 2.12 bits per heavy atom. The number of aromatic hydroxyl groups is 1. The lowest BCUT2D eigenvalue weighted by atomic mass is 9.95. The second kappa shape index (κ2) is 7.50. The van der Waals surface area contributed by atoms with Crippen molar-refractivity contribution in [2.75, 3.05) is 19.6 Å². The zero-order chi connectivity index (χ0) is 18.8. The van der Waals surface area contributed by atoms with Crippen molar-refractivity contribution in [3.8, 4) is 5.88 Å². The van der Waals surface area contributed by atoms with Crippen molar-refractivity contribution in [3.05, 3.63) is 30.5 Å². The second-order valence-electron chi connectivity index (χ2n) is 7.19. The molecule has 1 atom stereocenters. The zero-order valence-electron chi connectivity index (χ0n) is 15.4. The Bertz CT molecular complexity index is 885. The molecule has 142 valence electrons. The Morgan fingerprint density at radius 1 is 1.31 bits per heavy atom. The van der Waals surface area contributed by atoms with Crippen LogP contribution in [0.5, 0.6) is 5.88 Å². The number of benzene rings is 1. The van der Waals surface area contributed by atoms with Gasteiger partial charge in [0.2, 0.25) is 15.9 Å². The van der Waals surface area contributed by atoms with E-state index in [-0.39, 0.29) is 10.8 Å². The number of hydrogen-bond acceptors (Lipinski definition) is 5. The first-order chi connectivity index (χ1) is 12.4. The smallest absolute Gasteiger partial charge is 0.244 e. The van der Waals surface area contributed by atoms with E-state index in [1.807, 2.05) is 6.92 Å². The van der Waals surface area contributed by atoms with E-state index >= 15 is 0 Å². The summed E-state index contributed by atoms with van der Waals surface area (Å²) in [5.74, 6) is -0.147. The molecular weight excluding hydrogens is 350 g/mol. The van der Waals surface area contributed by atoms with Crippen molar-refractivity contribution < 1.29 is 13.5 Å². The molecule has 1 aliphatic rings. The van der Waals surface area contributed by atoms with Crippen LogP contribution in [0.1, 0.15) is 39.5 Å². The van der Waals surface area contributed by atoms with E-state index in [0.29, 0.717) is 23.9 Å². The fourth-order valence-corrected chi connectivity index (χ4v) is 5.80. The molecule has 0 spiro atoms. The Morgan fingerprint density at radius 3 is 2.88 bits per heavy atom. The second-order valence-corrected chi connectivity index (χ2v) is 9.02. The van der Waals surface area contributed by atoms with Crippen molar-refractivity contribution in [3.63, 3.8) is 0 Å². The number of nitrogens with one attached hydrogen (secondary N) is 1. The maximum atomic E-state index is 13.6. The van der Waals surface area contributed by atoms with E-state index in [9.17, 15) is 13.5 Å². The molecule has 0 bridgehead atoms. The van der Waals surface area contributed by atoms with E-state index in [4.69, 9.17) is 0 Å². The highest BCUT2D eigenvalue weighted by Crippen LogP contribution is 2.34. The largest absolute Gasteiger partial charge is 0.493 e. The molecule has 2 N–H and O–H groups in total. The molecule has 3 rings (SSSR count). The van der Waals surface area contributed by atoms with Crippen LogP contribution in [0.4, 0.5) is 0 Å². The molecule has 0 aliphatic carbocycles. The molecule has 2 heterocycles. The monoisotopic (exact) mass is 377 g/mol. The average molecular weight is 378 g/mol. The number of hydrogen-bond donors (Lipinski definition) is 2. The topological polar surface area (TPSA) is 82.5 Å². The molecule has 0 saturated carbocycles. The van der Waals surface area contributed by atoms with E-state index < -0.39 is 15.6 Å². The Balaban J connectivity index is 2.12. The van der Waals surface area contributed by atoms with Gasteiger partial charge in [-0.3, -0.25) is 0 Å². The summed E-state index contributed by atoms with van der Waals surface area (Å²) in [6.45, 7) is 6.09. The van der Waals surface area contributed by atoms with E-state index in [1.165, 1.54) is 6.20 Å². The van der Waals surface area contributed by atoms with Gasteiger partial charge in [0, 0.05) is 35.6 Å². The summed E-state index contributed by atoms with van der Waals surface area (Å²) in [7, 11) is -3.71. The quantitative estimate of drug-likeness (QED) is 0.837. The van der Waals surface area contributed by atoms with Gasteiger partial charge in [-0.05, 0) is 44.5 Å². The summed E-state index contributed by atoms with van der Waals surface area (Å²) in [5.41, 5.74) is -0.470. The summed E-state index contributed by atoms with van der Waals surface area (Å²) >= 11 is 0. The van der Waals surface area contributed by atoms with Gasteiger partial charge in [-0.2, -0.15) is 4.31 Å². The van der Waals surface area contributed by atoms with Crippen molar-refractivity contribution >= 4 is 20.8 Å². The van der Waals surface area contributed by atoms with Crippen LogP contribution < -0.4 is 5.32 Å². The molecule has 1 saturated heterocycles. The molecule has 0 radical (unpaired) electrons. The molecule has 0 amide bonds. The Kier molecular flexibility index (Phi) is 5.50. The first kappa shape index (κ1) is 19.1. The molecule has 1 fully saturated rings. The number of aromatic nitrogens is 1. The molecule has 2 aromatic rings. The standard InChI is InChI=1S/C19H27N3O3S/c1-3-4-10-19(2)14-20-11-6-13-22(19)26(24,25)17-8-5-7-16-15(17)9-12-21-18(16)23/h5,7-9,12,20H,3-4,6,10-11,13-14H2,1-2H3,(H,21,23)/t19-/m0/s1. The lowest BCUT2D eigenvalue weighted by Gasteiger charge is -2.39. The van der Waals surface area contributed by atoms with Crippen LogP contribution >= 0.6 is 0 Å². The average Bonchev–Trinajstić information content (AvgIpc) is 2.82. The third kappa shape index (κ3) is 3.43. The highest BCUT2D eigenvalue weighted by molar-refractivity contribution is 7.89. The van der Waals surface area contributed by atoms with Crippen LogP contribution in [0, 0.1) is 0 Å². The van der Waals surface area contributed by atoms with Gasteiger partial charge in [-0.1, -0.05) is 25.8 Å². The van der Waals surface area contributed by atoms with E-state index in [2.05, 4.69) is 17.2 Å². The molecule has 1 aromatic heterocycles. The highest BCUT2D eigenvalue weighted by atomic mass is 32.2. The molecule has 1 aliphatic heterocycles. The van der Waals surface area contributed by atoms with Gasteiger partial charge in [-0.25, -0.2) is 13.4 Å². The van der Waals surface area contributed by atoms with Gasteiger partial charge in [0.25, 0.3) is 0 Å². The fraction of sp³-hybridized carbons (Fsp3) is 0.526. The van der Waals surface area contributed by atoms with E-state index in [1.54, 1.807) is 28.6 Å². The fourth-order valence-electron chi connectivity index (χ4n) is 3.75. The lowest BCUT2D eigenvalue weighted by Crippen LogP contribution is -2.53. The van der Waals surface area contributed by atoms with Crippen LogP contribution in [0.3, 0.4) is 0 Å². The minimum Gasteiger partial charge on any atom is -0.493 e. The molecule has 26 heavy (non-hydrogen) atoms. The van der Waals surface area contributed by atoms with Crippen molar-refractivity contribution in [1.29, 1.82) is 0 Å². The molecular formula is C19H27N3O3S. The lowest BCUT2D eigenvalue weighted by molar-refractivity contribution is 0.200. The summed E-state index contributed by atoms with van der Waals surface area (Å²) in [6.07, 6.45) is 5.03. The molecule has 6 nitrogen and oxygen atoms in total. The van der Waals surface area contributed by atoms with Gasteiger partial charge in [-0.15, -0.1) is 0 Å². The maximum Gasteiger partial charge on any atom is 0.244 e. The number of pyridine rings is 1. The minimum atomic E-state index is -3.71. The first-order valence-corrected chi connectivity index (χ1v) is 10.6. The number of nitrogens with zero attached hydrogens (tertiary/aromatic N) is 2. The Hall–Kier alpha value is -1.70. The van der Waals surface area contributed by atoms with Crippen LogP contribution in [-0.2, 0) is 10.0 Å². The predicted octanol–water partition coefficient (Wildman–Crippen LogP) is 2.87. The first-order valence-electron chi connectivity index (χ1n) is 9.20. The summed E-state index contributed by atoms with van der Waals surface area (Å²) in [6, 6.07) is 6.63. The maximum absolute atomic E-state index is 13.6. The number of fused-ring (bicyclic) bond motifs is 1. The third-order valence-corrected chi connectivity index (χ3v) is 7.32. The molecule has 1 aromatic carbocycles. The van der Waals surface area contributed by atoms with Gasteiger partial charge in [0.1, 0.15) is 0 Å². The van der Waals surface area contributed by atoms with Gasteiger partial charge in [0.05, 0.1) is 4.90 Å². The summed E-state index contributed by atoms with van der Waals surface area (Å²) in [5, 5.41) is 14.4. The predicted molar refractivity (Wildman–Crippen MR) is 103 cm³/mol. The minimum absolute atomic E-state index is 0.147. The van der Waals surface area contributed by atoms with Crippen molar-refractivity contribution in [2.24, 2.45) is 0 Å². The Labute approximate surface area is 155 Å². The number of rotatable bonds is 5. The third-order valence-electron chi connectivity index (χ3n) is 5.20. The van der Waals surface area contributed by atoms with Crippen LogP contribution in [-0.4, -0.2) is 48.0 Å². The molecule has 0 unspecified atom stereocenters. The summed E-state index contributed by atoms with van der Waals surface area (Å²) in [4.78, 5) is 4.10. The van der Waals surface area contributed by atoms with Gasteiger partial charge >= 0.3 is 0 Å².